The van der Waals surface area contributed by atoms with Gasteiger partial charge in [-0.25, -0.2) is 9.97 Å². The van der Waals surface area contributed by atoms with E-state index < -0.39 is 11.9 Å². The molecule has 3 heterocycles. The van der Waals surface area contributed by atoms with Crippen LogP contribution in [-0.4, -0.2) is 15.0 Å². The third kappa shape index (κ3) is 3.78. The van der Waals surface area contributed by atoms with E-state index in [1.54, 1.807) is 12.3 Å². The van der Waals surface area contributed by atoms with Crippen molar-refractivity contribution in [3.05, 3.63) is 84.4 Å². The lowest BCUT2D eigenvalue weighted by molar-refractivity contribution is -0.141. The minimum absolute atomic E-state index is 0.0483. The maximum absolute atomic E-state index is 12.9. The molecule has 0 saturated carbocycles. The van der Waals surface area contributed by atoms with Gasteiger partial charge in [0.25, 0.3) is 0 Å². The second kappa shape index (κ2) is 7.26. The van der Waals surface area contributed by atoms with Crippen LogP contribution in [-0.2, 0) is 12.8 Å². The number of benzene rings is 1. The smallest absolute Gasteiger partial charge is 0.433 e. The molecule has 0 bridgehead atoms. The number of aromatic nitrogens is 3. The van der Waals surface area contributed by atoms with Gasteiger partial charge in [-0.2, -0.15) is 13.2 Å². The summed E-state index contributed by atoms with van der Waals surface area (Å²) in [6.45, 7) is 0.317. The molecule has 4 rings (SSSR count). The third-order valence-corrected chi connectivity index (χ3v) is 4.15. The summed E-state index contributed by atoms with van der Waals surface area (Å²) in [6, 6.07) is 17.0. The summed E-state index contributed by atoms with van der Waals surface area (Å²) in [5.41, 5.74) is 1.41. The van der Waals surface area contributed by atoms with Gasteiger partial charge in [0.2, 0.25) is 0 Å². The highest BCUT2D eigenvalue weighted by Gasteiger charge is 2.32. The second-order valence-electron chi connectivity index (χ2n) is 6.06. The number of rotatable bonds is 4. The molecule has 4 nitrogen and oxygen atoms in total. The molecule has 140 valence electrons. The maximum atomic E-state index is 12.9. The Kier molecular flexibility index (Phi) is 4.65. The summed E-state index contributed by atoms with van der Waals surface area (Å²) in [7, 11) is 0. The van der Waals surface area contributed by atoms with Crippen LogP contribution in [0.25, 0.3) is 22.2 Å². The highest BCUT2D eigenvalue weighted by Crippen LogP contribution is 2.33. The molecule has 0 spiro atoms. The predicted molar refractivity (Wildman–Crippen MR) is 98.5 cm³/mol. The lowest BCUT2D eigenvalue weighted by atomic mass is 10.0. The van der Waals surface area contributed by atoms with Crippen molar-refractivity contribution < 1.29 is 17.9 Å². The van der Waals surface area contributed by atoms with Gasteiger partial charge in [0.15, 0.2) is 5.65 Å². The number of fused-ring (bicyclic) bond motifs is 1. The number of hydrogen-bond donors (Lipinski definition) is 0. The molecular formula is C21H14F3N3O. The Morgan fingerprint density at radius 1 is 0.857 bits per heavy atom. The highest BCUT2D eigenvalue weighted by atomic mass is 19.4. The molecule has 0 N–H and O–H groups in total. The van der Waals surface area contributed by atoms with E-state index in [1.165, 1.54) is 12.3 Å². The van der Waals surface area contributed by atoms with E-state index in [0.29, 0.717) is 17.7 Å². The Bertz CT molecular complexity index is 1110. The van der Waals surface area contributed by atoms with E-state index in [4.69, 9.17) is 4.74 Å². The zero-order valence-electron chi connectivity index (χ0n) is 14.5. The topological polar surface area (TPSA) is 47.9 Å². The fourth-order valence-corrected chi connectivity index (χ4v) is 2.83. The number of pyridine rings is 3. The number of hydrogen-bond acceptors (Lipinski definition) is 4. The van der Waals surface area contributed by atoms with Crippen molar-refractivity contribution in [3.8, 4) is 16.9 Å². The lowest BCUT2D eigenvalue weighted by Gasteiger charge is -2.11. The predicted octanol–water partition coefficient (Wildman–Crippen LogP) is 5.29. The van der Waals surface area contributed by atoms with Crippen LogP contribution in [0.15, 0.2) is 73.1 Å². The van der Waals surface area contributed by atoms with Gasteiger partial charge in [-0.3, -0.25) is 4.98 Å². The van der Waals surface area contributed by atoms with Crippen LogP contribution in [0, 0.1) is 0 Å². The zero-order valence-corrected chi connectivity index (χ0v) is 14.5. The quantitative estimate of drug-likeness (QED) is 0.482. The van der Waals surface area contributed by atoms with Gasteiger partial charge in [-0.1, -0.05) is 18.2 Å². The van der Waals surface area contributed by atoms with Gasteiger partial charge in [-0.05, 0) is 53.6 Å². The van der Waals surface area contributed by atoms with Gasteiger partial charge in [0.1, 0.15) is 18.1 Å². The van der Waals surface area contributed by atoms with Crippen LogP contribution in [0.4, 0.5) is 13.2 Å². The average Bonchev–Trinajstić information content (AvgIpc) is 2.72. The highest BCUT2D eigenvalue weighted by molar-refractivity contribution is 5.92. The van der Waals surface area contributed by atoms with Crippen molar-refractivity contribution in [1.82, 2.24) is 15.0 Å². The van der Waals surface area contributed by atoms with Gasteiger partial charge < -0.3 is 4.74 Å². The lowest BCUT2D eigenvalue weighted by Crippen LogP contribution is -2.08. The molecule has 0 aliphatic heterocycles. The zero-order chi connectivity index (χ0) is 19.6. The van der Waals surface area contributed by atoms with Crippen molar-refractivity contribution in [2.24, 2.45) is 0 Å². The number of halogens is 3. The number of ether oxygens (including phenoxy) is 1. The average molecular weight is 381 g/mol. The first-order chi connectivity index (χ1) is 13.5. The molecule has 4 aromatic rings. The summed E-state index contributed by atoms with van der Waals surface area (Å²) in [5, 5.41) is 0.539. The fourth-order valence-electron chi connectivity index (χ4n) is 2.83. The van der Waals surface area contributed by atoms with Crippen LogP contribution >= 0.6 is 0 Å². The molecular weight excluding hydrogens is 367 g/mol. The summed E-state index contributed by atoms with van der Waals surface area (Å²) in [5.74, 6) is 0.632. The maximum Gasteiger partial charge on any atom is 0.433 e. The molecule has 0 saturated heterocycles. The van der Waals surface area contributed by atoms with Crippen LogP contribution in [0.1, 0.15) is 11.4 Å². The van der Waals surface area contributed by atoms with Gasteiger partial charge in [0.05, 0.1) is 5.69 Å². The Balaban J connectivity index is 1.66. The summed E-state index contributed by atoms with van der Waals surface area (Å²) in [4.78, 5) is 11.9. The van der Waals surface area contributed by atoms with E-state index in [2.05, 4.69) is 15.0 Å². The van der Waals surface area contributed by atoms with Crippen LogP contribution in [0.3, 0.4) is 0 Å². The molecule has 0 amide bonds. The van der Waals surface area contributed by atoms with Crippen LogP contribution in [0.2, 0.25) is 0 Å². The normalized spacial score (nSPS) is 11.5. The molecule has 28 heavy (non-hydrogen) atoms. The third-order valence-electron chi connectivity index (χ3n) is 4.15. The van der Waals surface area contributed by atoms with Gasteiger partial charge in [-0.15, -0.1) is 0 Å². The fraction of sp³-hybridized carbons (Fsp3) is 0.0952. The monoisotopic (exact) mass is 381 g/mol. The van der Waals surface area contributed by atoms with Crippen molar-refractivity contribution in [2.75, 3.05) is 0 Å². The van der Waals surface area contributed by atoms with Gasteiger partial charge >= 0.3 is 6.18 Å². The molecule has 0 unspecified atom stereocenters. The Morgan fingerprint density at radius 3 is 2.54 bits per heavy atom. The van der Waals surface area contributed by atoms with Crippen molar-refractivity contribution in [3.63, 3.8) is 0 Å². The van der Waals surface area contributed by atoms with E-state index in [-0.39, 0.29) is 5.65 Å². The number of alkyl halides is 3. The molecule has 1 aromatic carbocycles. The van der Waals surface area contributed by atoms with E-state index >= 15 is 0 Å². The largest absolute Gasteiger partial charge is 0.487 e. The minimum Gasteiger partial charge on any atom is -0.487 e. The summed E-state index contributed by atoms with van der Waals surface area (Å²) < 4.78 is 44.5. The summed E-state index contributed by atoms with van der Waals surface area (Å²) in [6.07, 6.45) is -1.36. The summed E-state index contributed by atoms with van der Waals surface area (Å²) >= 11 is 0. The molecule has 0 aliphatic carbocycles. The standard InChI is InChI=1S/C21H14F3N3O/c22-21(23,24)19-8-7-18-17(9-11-26-20(18)27-19)14-4-3-6-16(12-14)28-13-15-5-1-2-10-25-15/h1-12H,13H2. The minimum atomic E-state index is -4.51. The van der Waals surface area contributed by atoms with Crippen LogP contribution < -0.4 is 4.74 Å². The first kappa shape index (κ1) is 17.9. The van der Waals surface area contributed by atoms with Crippen molar-refractivity contribution in [1.29, 1.82) is 0 Å². The van der Waals surface area contributed by atoms with Crippen LogP contribution in [0.5, 0.6) is 5.75 Å². The second-order valence-corrected chi connectivity index (χ2v) is 6.06. The number of nitrogens with zero attached hydrogens (tertiary/aromatic N) is 3. The van der Waals surface area contributed by atoms with Crippen molar-refractivity contribution >= 4 is 11.0 Å². The first-order valence-corrected chi connectivity index (χ1v) is 8.47. The Hall–Kier alpha value is -3.48. The first-order valence-electron chi connectivity index (χ1n) is 8.47. The molecule has 7 heteroatoms. The molecule has 0 atom stereocenters. The molecule has 0 radical (unpaired) electrons. The molecule has 3 aromatic heterocycles. The Morgan fingerprint density at radius 2 is 1.75 bits per heavy atom. The SMILES string of the molecule is FC(F)(F)c1ccc2c(-c3cccc(OCc4ccccn4)c3)ccnc2n1. The van der Waals surface area contributed by atoms with Crippen molar-refractivity contribution in [2.45, 2.75) is 12.8 Å². The van der Waals surface area contributed by atoms with E-state index in [0.717, 1.165) is 22.9 Å². The Labute approximate surface area is 158 Å². The van der Waals surface area contributed by atoms with Gasteiger partial charge in [0, 0.05) is 17.8 Å². The van der Waals surface area contributed by atoms with E-state index in [9.17, 15) is 13.2 Å². The molecule has 0 aliphatic rings. The van der Waals surface area contributed by atoms with E-state index in [1.807, 2.05) is 42.5 Å². The molecule has 0 fully saturated rings.